The van der Waals surface area contributed by atoms with Crippen LogP contribution in [0.5, 0.6) is 0 Å². The average Bonchev–Trinajstić information content (AvgIpc) is 1.97. The molecule has 0 saturated carbocycles. The Labute approximate surface area is 69.8 Å². The van der Waals surface area contributed by atoms with E-state index >= 15 is 0 Å². The monoisotopic (exact) mass is 166 g/mol. The summed E-state index contributed by atoms with van der Waals surface area (Å²) in [5, 5.41) is 0. The zero-order valence-electron chi connectivity index (χ0n) is 7.00. The van der Waals surface area contributed by atoms with E-state index in [-0.39, 0.29) is 11.5 Å². The van der Waals surface area contributed by atoms with Crippen LogP contribution < -0.4 is 11.0 Å². The van der Waals surface area contributed by atoms with Crippen LogP contribution in [0.3, 0.4) is 0 Å². The Hall–Kier alpha value is -1.58. The van der Waals surface area contributed by atoms with Gasteiger partial charge in [-0.2, -0.15) is 0 Å². The summed E-state index contributed by atoms with van der Waals surface area (Å²) >= 11 is 0. The van der Waals surface area contributed by atoms with Gasteiger partial charge in [-0.1, -0.05) is 6.07 Å². The molecule has 1 rings (SSSR count). The van der Waals surface area contributed by atoms with Crippen LogP contribution >= 0.6 is 0 Å². The molecule has 0 unspecified atom stereocenters. The molecule has 4 heteroatoms. The first-order valence-electron chi connectivity index (χ1n) is 3.57. The summed E-state index contributed by atoms with van der Waals surface area (Å²) in [4.78, 5) is 21.8. The maximum Gasteiger partial charge on any atom is 0.269 e. The molecule has 0 aromatic carbocycles. The van der Waals surface area contributed by atoms with Crippen LogP contribution in [0.25, 0.3) is 0 Å². The third-order valence-electron chi connectivity index (χ3n) is 1.42. The average molecular weight is 166 g/mol. The van der Waals surface area contributed by atoms with Crippen molar-refractivity contribution in [1.82, 2.24) is 4.68 Å². The highest BCUT2D eigenvalue weighted by Crippen LogP contribution is 1.89. The van der Waals surface area contributed by atoms with E-state index in [9.17, 15) is 9.59 Å². The van der Waals surface area contributed by atoms with E-state index in [0.717, 1.165) is 0 Å². The first-order chi connectivity index (χ1) is 5.61. The summed E-state index contributed by atoms with van der Waals surface area (Å²) in [5.74, 6) is -0.258. The van der Waals surface area contributed by atoms with Crippen molar-refractivity contribution in [2.45, 2.75) is 13.8 Å². The summed E-state index contributed by atoms with van der Waals surface area (Å²) < 4.78 is 1.21. The Balaban J connectivity index is 3.13. The number of aryl methyl sites for hydroxylation is 1. The van der Waals surface area contributed by atoms with Gasteiger partial charge in [-0.15, -0.1) is 0 Å². The largest absolute Gasteiger partial charge is 0.274 e. The predicted octanol–water partition coefficient (Wildman–Crippen LogP) is 0.247. The maximum absolute atomic E-state index is 11.1. The van der Waals surface area contributed by atoms with Crippen molar-refractivity contribution in [3.8, 4) is 0 Å². The Bertz CT molecular complexity index is 354. The Morgan fingerprint density at radius 3 is 2.67 bits per heavy atom. The molecule has 0 aliphatic carbocycles. The van der Waals surface area contributed by atoms with Crippen molar-refractivity contribution >= 4 is 5.91 Å². The van der Waals surface area contributed by atoms with Gasteiger partial charge < -0.3 is 0 Å². The number of amides is 1. The van der Waals surface area contributed by atoms with Crippen molar-refractivity contribution in [2.24, 2.45) is 0 Å². The van der Waals surface area contributed by atoms with Crippen LogP contribution in [-0.2, 0) is 4.79 Å². The number of nitrogens with one attached hydrogen (secondary N) is 1. The second kappa shape index (κ2) is 3.21. The highest BCUT2D eigenvalue weighted by atomic mass is 16.2. The molecule has 64 valence electrons. The van der Waals surface area contributed by atoms with Crippen molar-refractivity contribution in [3.05, 3.63) is 34.2 Å². The van der Waals surface area contributed by atoms with Crippen LogP contribution in [-0.4, -0.2) is 10.6 Å². The fraction of sp³-hybridized carbons (Fsp3) is 0.250. The van der Waals surface area contributed by atoms with E-state index < -0.39 is 0 Å². The number of rotatable bonds is 1. The summed E-state index contributed by atoms with van der Waals surface area (Å²) in [6.07, 6.45) is 0. The van der Waals surface area contributed by atoms with Gasteiger partial charge >= 0.3 is 0 Å². The maximum atomic E-state index is 11.1. The third kappa shape index (κ3) is 1.72. The van der Waals surface area contributed by atoms with Crippen LogP contribution in [0.1, 0.15) is 12.6 Å². The lowest BCUT2D eigenvalue weighted by atomic mass is 10.4. The zero-order valence-corrected chi connectivity index (χ0v) is 7.00. The summed E-state index contributed by atoms with van der Waals surface area (Å²) in [5.41, 5.74) is 2.88. The van der Waals surface area contributed by atoms with Crippen molar-refractivity contribution in [1.29, 1.82) is 0 Å². The highest BCUT2D eigenvalue weighted by molar-refractivity contribution is 5.80. The lowest BCUT2D eigenvalue weighted by Gasteiger charge is -2.07. The van der Waals surface area contributed by atoms with E-state index in [0.29, 0.717) is 5.69 Å². The molecule has 0 atom stereocenters. The summed E-state index contributed by atoms with van der Waals surface area (Å²) in [6.45, 7) is 3.11. The smallest absolute Gasteiger partial charge is 0.269 e. The van der Waals surface area contributed by atoms with Gasteiger partial charge in [-0.3, -0.25) is 15.0 Å². The summed E-state index contributed by atoms with van der Waals surface area (Å²) in [6, 6.07) is 4.79. The van der Waals surface area contributed by atoms with E-state index in [4.69, 9.17) is 0 Å². The molecule has 1 N–H and O–H groups in total. The van der Waals surface area contributed by atoms with Gasteiger partial charge in [0.2, 0.25) is 5.91 Å². The standard InChI is InChI=1S/C8H10N2O2/c1-6-4-3-5-8(12)10(6)9-7(2)11/h3-5H,1-2H3,(H,9,11). The van der Waals surface area contributed by atoms with Crippen LogP contribution in [0, 0.1) is 6.92 Å². The molecule has 1 aromatic heterocycles. The molecule has 0 aliphatic rings. The predicted molar refractivity (Wildman–Crippen MR) is 45.5 cm³/mol. The van der Waals surface area contributed by atoms with E-state index in [1.807, 2.05) is 0 Å². The van der Waals surface area contributed by atoms with Crippen molar-refractivity contribution < 1.29 is 4.79 Å². The first kappa shape index (κ1) is 8.52. The highest BCUT2D eigenvalue weighted by Gasteiger charge is 1.98. The lowest BCUT2D eigenvalue weighted by Crippen LogP contribution is -2.32. The molecular weight excluding hydrogens is 156 g/mol. The van der Waals surface area contributed by atoms with E-state index in [1.165, 1.54) is 17.7 Å². The number of hydrogen-bond donors (Lipinski definition) is 1. The normalized spacial score (nSPS) is 9.50. The van der Waals surface area contributed by atoms with Crippen LogP contribution in [0.4, 0.5) is 0 Å². The minimum atomic E-state index is -0.258. The molecule has 0 fully saturated rings. The number of hydrogen-bond acceptors (Lipinski definition) is 2. The quantitative estimate of drug-likeness (QED) is 0.650. The van der Waals surface area contributed by atoms with Gasteiger partial charge in [-0.05, 0) is 13.0 Å². The molecule has 0 spiro atoms. The SMILES string of the molecule is CC(=O)Nn1c(C)cccc1=O. The van der Waals surface area contributed by atoms with Crippen molar-refractivity contribution in [3.63, 3.8) is 0 Å². The Kier molecular flexibility index (Phi) is 2.28. The van der Waals surface area contributed by atoms with Gasteiger partial charge in [0, 0.05) is 18.7 Å². The fourth-order valence-corrected chi connectivity index (χ4v) is 0.893. The molecule has 0 saturated heterocycles. The number of nitrogens with zero attached hydrogens (tertiary/aromatic N) is 1. The van der Waals surface area contributed by atoms with Crippen LogP contribution in [0.15, 0.2) is 23.0 Å². The molecule has 1 amide bonds. The number of pyridine rings is 1. The molecular formula is C8H10N2O2. The summed E-state index contributed by atoms with van der Waals surface area (Å²) in [7, 11) is 0. The van der Waals surface area contributed by atoms with Gasteiger partial charge in [0.15, 0.2) is 0 Å². The van der Waals surface area contributed by atoms with Crippen molar-refractivity contribution in [2.75, 3.05) is 5.43 Å². The Morgan fingerprint density at radius 1 is 1.50 bits per heavy atom. The minimum Gasteiger partial charge on any atom is -0.274 e. The topological polar surface area (TPSA) is 51.1 Å². The molecule has 4 nitrogen and oxygen atoms in total. The Morgan fingerprint density at radius 2 is 2.17 bits per heavy atom. The molecule has 12 heavy (non-hydrogen) atoms. The third-order valence-corrected chi connectivity index (χ3v) is 1.42. The number of carbonyl (C=O) groups excluding carboxylic acids is 1. The van der Waals surface area contributed by atoms with E-state index in [1.54, 1.807) is 19.1 Å². The van der Waals surface area contributed by atoms with Gasteiger partial charge in [0.1, 0.15) is 0 Å². The molecule has 0 radical (unpaired) electrons. The second-order valence-corrected chi connectivity index (χ2v) is 2.51. The zero-order chi connectivity index (χ0) is 9.14. The minimum absolute atomic E-state index is 0.231. The van der Waals surface area contributed by atoms with Gasteiger partial charge in [0.25, 0.3) is 5.56 Å². The molecule has 0 aliphatic heterocycles. The fourth-order valence-electron chi connectivity index (χ4n) is 0.893. The van der Waals surface area contributed by atoms with Crippen LogP contribution in [0.2, 0.25) is 0 Å². The number of carbonyl (C=O) groups is 1. The van der Waals surface area contributed by atoms with E-state index in [2.05, 4.69) is 5.43 Å². The van der Waals surface area contributed by atoms with Gasteiger partial charge in [0.05, 0.1) is 0 Å². The number of aromatic nitrogens is 1. The van der Waals surface area contributed by atoms with Gasteiger partial charge in [-0.25, -0.2) is 4.68 Å². The first-order valence-corrected chi connectivity index (χ1v) is 3.57. The lowest BCUT2D eigenvalue weighted by molar-refractivity contribution is -0.115. The molecule has 1 aromatic rings. The molecule has 0 bridgehead atoms. The molecule has 1 heterocycles. The second-order valence-electron chi connectivity index (χ2n) is 2.51.